The van der Waals surface area contributed by atoms with Gasteiger partial charge in [0.2, 0.25) is 6.10 Å². The van der Waals surface area contributed by atoms with Crippen LogP contribution >= 0.6 is 0 Å². The Labute approximate surface area is 86.2 Å². The lowest BCUT2D eigenvalue weighted by atomic mass is 10.2. The van der Waals surface area contributed by atoms with E-state index in [0.717, 1.165) is 0 Å². The molecular formula is C10H10O5. The number of carboxylic acids is 1. The molecule has 0 aliphatic carbocycles. The minimum absolute atomic E-state index is 0.00943. The molecular weight excluding hydrogens is 200 g/mol. The van der Waals surface area contributed by atoms with E-state index in [1.807, 2.05) is 0 Å². The van der Waals surface area contributed by atoms with Gasteiger partial charge >= 0.3 is 5.97 Å². The third-order valence-electron chi connectivity index (χ3n) is 2.09. The van der Waals surface area contributed by atoms with E-state index in [4.69, 9.17) is 19.3 Å². The number of rotatable bonds is 2. The SMILES string of the molecule is COc1ccc2c(c1)OCC(C(=O)O)O2. The van der Waals surface area contributed by atoms with Crippen LogP contribution < -0.4 is 14.2 Å². The molecule has 0 aromatic heterocycles. The number of aliphatic carboxylic acids is 1. The Morgan fingerprint density at radius 2 is 2.33 bits per heavy atom. The van der Waals surface area contributed by atoms with Gasteiger partial charge < -0.3 is 19.3 Å². The summed E-state index contributed by atoms with van der Waals surface area (Å²) in [6.07, 6.45) is -0.939. The number of methoxy groups -OCH3 is 1. The highest BCUT2D eigenvalue weighted by atomic mass is 16.6. The minimum atomic E-state index is -1.03. The topological polar surface area (TPSA) is 65.0 Å². The predicted molar refractivity (Wildman–Crippen MR) is 50.5 cm³/mol. The van der Waals surface area contributed by atoms with Gasteiger partial charge in [0, 0.05) is 6.07 Å². The van der Waals surface area contributed by atoms with Gasteiger partial charge in [-0.3, -0.25) is 0 Å². The van der Waals surface area contributed by atoms with Crippen molar-refractivity contribution in [2.24, 2.45) is 0 Å². The van der Waals surface area contributed by atoms with Crippen molar-refractivity contribution in [3.8, 4) is 17.2 Å². The Hall–Kier alpha value is -1.91. The Balaban J connectivity index is 2.24. The van der Waals surface area contributed by atoms with Crippen LogP contribution in [-0.2, 0) is 4.79 Å². The van der Waals surface area contributed by atoms with Crippen LogP contribution in [0.3, 0.4) is 0 Å². The van der Waals surface area contributed by atoms with E-state index in [1.54, 1.807) is 25.3 Å². The van der Waals surface area contributed by atoms with Gasteiger partial charge in [0.1, 0.15) is 12.4 Å². The third-order valence-corrected chi connectivity index (χ3v) is 2.09. The first-order valence-corrected chi connectivity index (χ1v) is 4.41. The molecule has 1 N–H and O–H groups in total. The van der Waals surface area contributed by atoms with E-state index in [9.17, 15) is 4.79 Å². The van der Waals surface area contributed by atoms with Crippen LogP contribution in [0.4, 0.5) is 0 Å². The Morgan fingerprint density at radius 3 is 3.00 bits per heavy atom. The Kier molecular flexibility index (Phi) is 2.37. The molecule has 5 heteroatoms. The first-order valence-electron chi connectivity index (χ1n) is 4.41. The van der Waals surface area contributed by atoms with Gasteiger partial charge in [0.25, 0.3) is 0 Å². The van der Waals surface area contributed by atoms with Gasteiger partial charge in [-0.1, -0.05) is 0 Å². The summed E-state index contributed by atoms with van der Waals surface area (Å²) in [6.45, 7) is 0.00943. The molecule has 1 atom stereocenters. The predicted octanol–water partition coefficient (Wildman–Crippen LogP) is 0.920. The average Bonchev–Trinajstić information content (AvgIpc) is 2.27. The van der Waals surface area contributed by atoms with Crippen molar-refractivity contribution in [1.29, 1.82) is 0 Å². The summed E-state index contributed by atoms with van der Waals surface area (Å²) in [5.41, 5.74) is 0. The number of ether oxygens (including phenoxy) is 3. The number of carboxylic acid groups (broad SMARTS) is 1. The lowest BCUT2D eigenvalue weighted by Gasteiger charge is -2.23. The molecule has 0 radical (unpaired) electrons. The van der Waals surface area contributed by atoms with Crippen molar-refractivity contribution < 1.29 is 24.1 Å². The monoisotopic (exact) mass is 210 g/mol. The van der Waals surface area contributed by atoms with Gasteiger partial charge in [-0.25, -0.2) is 4.79 Å². The number of benzene rings is 1. The normalized spacial score (nSPS) is 18.3. The number of hydrogen-bond donors (Lipinski definition) is 1. The maximum absolute atomic E-state index is 10.7. The second-order valence-corrected chi connectivity index (χ2v) is 3.07. The van der Waals surface area contributed by atoms with E-state index in [1.165, 1.54) is 0 Å². The minimum Gasteiger partial charge on any atom is -0.497 e. The smallest absolute Gasteiger partial charge is 0.348 e. The zero-order chi connectivity index (χ0) is 10.8. The number of carbonyl (C=O) groups is 1. The highest BCUT2D eigenvalue weighted by Gasteiger charge is 2.27. The van der Waals surface area contributed by atoms with Crippen LogP contribution in [0.2, 0.25) is 0 Å². The summed E-state index contributed by atoms with van der Waals surface area (Å²) < 4.78 is 15.5. The molecule has 1 aliphatic heterocycles. The third kappa shape index (κ3) is 1.81. The average molecular weight is 210 g/mol. The molecule has 0 saturated carbocycles. The number of fused-ring (bicyclic) bond motifs is 1. The van der Waals surface area contributed by atoms with Crippen LogP contribution in [0.15, 0.2) is 18.2 Å². The van der Waals surface area contributed by atoms with Gasteiger partial charge in [-0.05, 0) is 12.1 Å². The van der Waals surface area contributed by atoms with E-state index < -0.39 is 12.1 Å². The molecule has 0 saturated heterocycles. The Bertz CT molecular complexity index is 387. The molecule has 1 aromatic rings. The van der Waals surface area contributed by atoms with Crippen LogP contribution in [-0.4, -0.2) is 30.9 Å². The highest BCUT2D eigenvalue weighted by molar-refractivity contribution is 5.73. The Morgan fingerprint density at radius 1 is 1.53 bits per heavy atom. The van der Waals surface area contributed by atoms with Gasteiger partial charge in [-0.2, -0.15) is 0 Å². The van der Waals surface area contributed by atoms with Gasteiger partial charge in [-0.15, -0.1) is 0 Å². The summed E-state index contributed by atoms with van der Waals surface area (Å²) in [7, 11) is 1.55. The van der Waals surface area contributed by atoms with Crippen molar-refractivity contribution >= 4 is 5.97 Å². The molecule has 0 spiro atoms. The molecule has 80 valence electrons. The van der Waals surface area contributed by atoms with Crippen molar-refractivity contribution in [3.05, 3.63) is 18.2 Å². The van der Waals surface area contributed by atoms with Crippen LogP contribution in [0.25, 0.3) is 0 Å². The van der Waals surface area contributed by atoms with E-state index in [0.29, 0.717) is 17.2 Å². The largest absolute Gasteiger partial charge is 0.497 e. The second-order valence-electron chi connectivity index (χ2n) is 3.07. The zero-order valence-corrected chi connectivity index (χ0v) is 8.10. The van der Waals surface area contributed by atoms with Crippen molar-refractivity contribution in [2.45, 2.75) is 6.10 Å². The van der Waals surface area contributed by atoms with E-state index in [2.05, 4.69) is 0 Å². The molecule has 1 unspecified atom stereocenters. The molecule has 5 nitrogen and oxygen atoms in total. The summed E-state index contributed by atoms with van der Waals surface area (Å²) in [5, 5.41) is 8.73. The standard InChI is InChI=1S/C10H10O5/c1-13-6-2-3-7-8(4-6)14-5-9(15-7)10(11)12/h2-4,9H,5H2,1H3,(H,11,12). The molecule has 15 heavy (non-hydrogen) atoms. The molecule has 2 rings (SSSR count). The summed E-state index contributed by atoms with van der Waals surface area (Å²) in [5.74, 6) is 0.545. The maximum atomic E-state index is 10.7. The summed E-state index contributed by atoms with van der Waals surface area (Å²) >= 11 is 0. The first kappa shape index (κ1) is 9.64. The fraction of sp³-hybridized carbons (Fsp3) is 0.300. The molecule has 0 bridgehead atoms. The van der Waals surface area contributed by atoms with Crippen LogP contribution in [0.5, 0.6) is 17.2 Å². The second kappa shape index (κ2) is 3.68. The fourth-order valence-corrected chi connectivity index (χ4v) is 1.30. The van der Waals surface area contributed by atoms with E-state index >= 15 is 0 Å². The van der Waals surface area contributed by atoms with E-state index in [-0.39, 0.29) is 6.61 Å². The molecule has 0 fully saturated rings. The quantitative estimate of drug-likeness (QED) is 0.786. The number of hydrogen-bond acceptors (Lipinski definition) is 4. The van der Waals surface area contributed by atoms with Crippen molar-refractivity contribution in [3.63, 3.8) is 0 Å². The molecule has 0 amide bonds. The van der Waals surface area contributed by atoms with Crippen molar-refractivity contribution in [2.75, 3.05) is 13.7 Å². The van der Waals surface area contributed by atoms with Gasteiger partial charge in [0.15, 0.2) is 11.5 Å². The fourth-order valence-electron chi connectivity index (χ4n) is 1.30. The lowest BCUT2D eigenvalue weighted by Crippen LogP contribution is -2.36. The summed E-state index contributed by atoms with van der Waals surface area (Å²) in [4.78, 5) is 10.7. The van der Waals surface area contributed by atoms with Gasteiger partial charge in [0.05, 0.1) is 7.11 Å². The molecule has 1 aliphatic rings. The maximum Gasteiger partial charge on any atom is 0.348 e. The zero-order valence-electron chi connectivity index (χ0n) is 8.10. The van der Waals surface area contributed by atoms with Crippen LogP contribution in [0, 0.1) is 0 Å². The van der Waals surface area contributed by atoms with Crippen LogP contribution in [0.1, 0.15) is 0 Å². The first-order chi connectivity index (χ1) is 7.20. The highest BCUT2D eigenvalue weighted by Crippen LogP contribution is 2.34. The molecule has 1 aromatic carbocycles. The summed E-state index contributed by atoms with van der Waals surface area (Å²) in [6, 6.07) is 4.98. The van der Waals surface area contributed by atoms with Crippen molar-refractivity contribution in [1.82, 2.24) is 0 Å². The lowest BCUT2D eigenvalue weighted by molar-refractivity contribution is -0.147. The molecule has 1 heterocycles.